The third-order valence-corrected chi connectivity index (χ3v) is 4.03. The first kappa shape index (κ1) is 15.1. The van der Waals surface area contributed by atoms with Gasteiger partial charge in [0.1, 0.15) is 6.23 Å². The molecule has 2 unspecified atom stereocenters. The molecule has 5 nitrogen and oxygen atoms in total. The van der Waals surface area contributed by atoms with Gasteiger partial charge in [-0.3, -0.25) is 10.00 Å². The molecular weight excluding hydrogens is 300 g/mol. The van der Waals surface area contributed by atoms with Crippen LogP contribution in [-0.4, -0.2) is 19.9 Å². The van der Waals surface area contributed by atoms with Crippen molar-refractivity contribution in [3.05, 3.63) is 52.9 Å². The molecule has 22 heavy (non-hydrogen) atoms. The predicted molar refractivity (Wildman–Crippen MR) is 87.6 cm³/mol. The van der Waals surface area contributed by atoms with E-state index in [1.807, 2.05) is 43.7 Å². The van der Waals surface area contributed by atoms with E-state index >= 15 is 0 Å². The van der Waals surface area contributed by atoms with E-state index in [2.05, 4.69) is 22.3 Å². The number of H-pyrrole nitrogens is 1. The monoisotopic (exact) mass is 318 g/mol. The second-order valence-corrected chi connectivity index (χ2v) is 5.87. The Bertz CT molecular complexity index is 779. The molecule has 3 rings (SSSR count). The molecule has 0 saturated carbocycles. The van der Waals surface area contributed by atoms with Gasteiger partial charge in [0.05, 0.1) is 11.9 Å². The first-order valence-electron chi connectivity index (χ1n) is 7.27. The molecular formula is C16H19ClN4O. The summed E-state index contributed by atoms with van der Waals surface area (Å²) >= 11 is 6.00. The van der Waals surface area contributed by atoms with Crippen molar-refractivity contribution in [3.63, 3.8) is 0 Å². The van der Waals surface area contributed by atoms with Crippen LogP contribution >= 0.6 is 11.6 Å². The molecule has 0 saturated heterocycles. The average molecular weight is 319 g/mol. The molecule has 0 aliphatic rings. The molecule has 1 aromatic carbocycles. The van der Waals surface area contributed by atoms with Crippen molar-refractivity contribution in [2.24, 2.45) is 7.05 Å². The number of halogens is 1. The van der Waals surface area contributed by atoms with Crippen LogP contribution in [0, 0.1) is 0 Å². The molecule has 3 aromatic rings. The first-order chi connectivity index (χ1) is 10.6. The van der Waals surface area contributed by atoms with E-state index in [-0.39, 0.29) is 6.04 Å². The molecule has 0 aliphatic heterocycles. The Morgan fingerprint density at radius 1 is 1.41 bits per heavy atom. The van der Waals surface area contributed by atoms with Crippen molar-refractivity contribution < 1.29 is 5.11 Å². The van der Waals surface area contributed by atoms with Crippen LogP contribution in [0.3, 0.4) is 0 Å². The van der Waals surface area contributed by atoms with Gasteiger partial charge in [-0.05, 0) is 30.7 Å². The topological polar surface area (TPSA) is 65.9 Å². The van der Waals surface area contributed by atoms with Crippen molar-refractivity contribution in [1.82, 2.24) is 20.1 Å². The number of aliphatic hydroxyl groups excluding tert-OH is 1. The molecule has 2 aromatic heterocycles. The van der Waals surface area contributed by atoms with Gasteiger partial charge in [0.2, 0.25) is 0 Å². The quantitative estimate of drug-likeness (QED) is 0.632. The van der Waals surface area contributed by atoms with Gasteiger partial charge in [0.15, 0.2) is 0 Å². The summed E-state index contributed by atoms with van der Waals surface area (Å²) in [5, 5.41) is 19.5. The molecule has 116 valence electrons. The second kappa shape index (κ2) is 6.12. The lowest BCUT2D eigenvalue weighted by Gasteiger charge is -2.19. The van der Waals surface area contributed by atoms with Gasteiger partial charge >= 0.3 is 0 Å². The first-order valence-corrected chi connectivity index (χ1v) is 7.65. The summed E-state index contributed by atoms with van der Waals surface area (Å²) in [5.41, 5.74) is 2.73. The minimum absolute atomic E-state index is 0.0405. The van der Waals surface area contributed by atoms with E-state index in [0.717, 1.165) is 28.6 Å². The van der Waals surface area contributed by atoms with Gasteiger partial charge in [-0.1, -0.05) is 18.5 Å². The van der Waals surface area contributed by atoms with E-state index < -0.39 is 6.23 Å². The number of nitrogens with zero attached hydrogens (tertiary/aromatic N) is 2. The zero-order chi connectivity index (χ0) is 15.7. The third kappa shape index (κ3) is 3.02. The highest BCUT2D eigenvalue weighted by Gasteiger charge is 2.17. The van der Waals surface area contributed by atoms with E-state index in [9.17, 15) is 5.11 Å². The SMILES string of the molecule is CCC(NC(O)c1cc2cc(Cl)ccc2[nH]1)c1cnn(C)c1. The maximum Gasteiger partial charge on any atom is 0.146 e. The number of fused-ring (bicyclic) bond motifs is 1. The van der Waals surface area contributed by atoms with Gasteiger partial charge in [-0.25, -0.2) is 0 Å². The van der Waals surface area contributed by atoms with Crippen LogP contribution in [0.2, 0.25) is 5.02 Å². The Hall–Kier alpha value is -1.82. The maximum absolute atomic E-state index is 10.5. The molecule has 0 spiro atoms. The molecule has 2 heterocycles. The standard InChI is InChI=1S/C16H19ClN4O/c1-3-13(11-8-18-21(2)9-11)20-16(22)15-7-10-6-12(17)4-5-14(10)19-15/h4-9,13,16,19-20,22H,3H2,1-2H3. The van der Waals surface area contributed by atoms with Crippen LogP contribution in [0.1, 0.15) is 36.9 Å². The largest absolute Gasteiger partial charge is 0.373 e. The molecule has 0 aliphatic carbocycles. The Morgan fingerprint density at radius 3 is 2.91 bits per heavy atom. The maximum atomic E-state index is 10.5. The van der Waals surface area contributed by atoms with Crippen molar-refractivity contribution in [3.8, 4) is 0 Å². The highest BCUT2D eigenvalue weighted by Crippen LogP contribution is 2.25. The summed E-state index contributed by atoms with van der Waals surface area (Å²) in [6, 6.07) is 7.57. The lowest BCUT2D eigenvalue weighted by molar-refractivity contribution is 0.118. The van der Waals surface area contributed by atoms with E-state index in [4.69, 9.17) is 11.6 Å². The number of hydrogen-bond acceptors (Lipinski definition) is 3. The molecule has 6 heteroatoms. The minimum atomic E-state index is -0.781. The smallest absolute Gasteiger partial charge is 0.146 e. The third-order valence-electron chi connectivity index (χ3n) is 3.79. The van der Waals surface area contributed by atoms with Crippen LogP contribution in [0.5, 0.6) is 0 Å². The predicted octanol–water partition coefficient (Wildman–Crippen LogP) is 3.29. The van der Waals surface area contributed by atoms with Crippen molar-refractivity contribution >= 4 is 22.5 Å². The van der Waals surface area contributed by atoms with Crippen LogP contribution in [0.15, 0.2) is 36.7 Å². The van der Waals surface area contributed by atoms with Crippen LogP contribution in [-0.2, 0) is 7.05 Å². The Labute approximate surface area is 133 Å². The minimum Gasteiger partial charge on any atom is -0.373 e. The summed E-state index contributed by atoms with van der Waals surface area (Å²) in [6.45, 7) is 2.07. The van der Waals surface area contributed by atoms with Gasteiger partial charge in [-0.2, -0.15) is 5.10 Å². The van der Waals surface area contributed by atoms with Gasteiger partial charge in [0, 0.05) is 40.8 Å². The average Bonchev–Trinajstić information content (AvgIpc) is 3.10. The van der Waals surface area contributed by atoms with Gasteiger partial charge in [0.25, 0.3) is 0 Å². The number of aromatic amines is 1. The fraction of sp³-hybridized carbons (Fsp3) is 0.312. The zero-order valence-electron chi connectivity index (χ0n) is 12.5. The molecule has 0 amide bonds. The van der Waals surface area contributed by atoms with Gasteiger partial charge in [-0.15, -0.1) is 0 Å². The Morgan fingerprint density at radius 2 is 2.23 bits per heavy atom. The van der Waals surface area contributed by atoms with Crippen LogP contribution in [0.4, 0.5) is 0 Å². The molecule has 0 fully saturated rings. The van der Waals surface area contributed by atoms with E-state index in [0.29, 0.717) is 5.02 Å². The summed E-state index contributed by atoms with van der Waals surface area (Å²) in [6.07, 6.45) is 3.85. The summed E-state index contributed by atoms with van der Waals surface area (Å²) < 4.78 is 1.76. The van der Waals surface area contributed by atoms with Crippen molar-refractivity contribution in [2.45, 2.75) is 25.6 Å². The highest BCUT2D eigenvalue weighted by atomic mass is 35.5. The number of rotatable bonds is 5. The Kier molecular flexibility index (Phi) is 4.20. The number of aliphatic hydroxyl groups is 1. The fourth-order valence-corrected chi connectivity index (χ4v) is 2.80. The van der Waals surface area contributed by atoms with Crippen molar-refractivity contribution in [2.75, 3.05) is 0 Å². The number of aryl methyl sites for hydroxylation is 1. The molecule has 2 atom stereocenters. The number of hydrogen-bond donors (Lipinski definition) is 3. The molecule has 0 bridgehead atoms. The van der Waals surface area contributed by atoms with Crippen LogP contribution < -0.4 is 5.32 Å². The highest BCUT2D eigenvalue weighted by molar-refractivity contribution is 6.31. The molecule has 3 N–H and O–H groups in total. The van der Waals surface area contributed by atoms with Gasteiger partial charge < -0.3 is 10.1 Å². The fourth-order valence-electron chi connectivity index (χ4n) is 2.62. The van der Waals surface area contributed by atoms with E-state index in [1.54, 1.807) is 4.68 Å². The van der Waals surface area contributed by atoms with Crippen LogP contribution in [0.25, 0.3) is 10.9 Å². The summed E-state index contributed by atoms with van der Waals surface area (Å²) in [7, 11) is 1.88. The number of aromatic nitrogens is 3. The lowest BCUT2D eigenvalue weighted by Crippen LogP contribution is -2.26. The second-order valence-electron chi connectivity index (χ2n) is 5.43. The normalized spacial score (nSPS) is 14.4. The van der Waals surface area contributed by atoms with E-state index in [1.165, 1.54) is 0 Å². The zero-order valence-corrected chi connectivity index (χ0v) is 13.3. The number of benzene rings is 1. The summed E-state index contributed by atoms with van der Waals surface area (Å²) in [5.74, 6) is 0. The lowest BCUT2D eigenvalue weighted by atomic mass is 10.1. The Balaban J connectivity index is 1.80. The number of nitrogens with one attached hydrogen (secondary N) is 2. The van der Waals surface area contributed by atoms with Crippen molar-refractivity contribution in [1.29, 1.82) is 0 Å². The summed E-state index contributed by atoms with van der Waals surface area (Å²) in [4.78, 5) is 3.22. The molecule has 0 radical (unpaired) electrons.